The molecule has 0 aliphatic rings. The van der Waals surface area contributed by atoms with Crippen LogP contribution < -0.4 is 0 Å². The molecule has 0 amide bonds. The first-order valence-electron chi connectivity index (χ1n) is 5.91. The molecule has 0 bridgehead atoms. The van der Waals surface area contributed by atoms with Crippen LogP contribution in [0.4, 0.5) is 0 Å². The van der Waals surface area contributed by atoms with Crippen LogP contribution in [0, 0.1) is 11.3 Å². The third-order valence-electron chi connectivity index (χ3n) is 2.75. The summed E-state index contributed by atoms with van der Waals surface area (Å²) in [5.41, 5.74) is 1.62. The molecule has 18 heavy (non-hydrogen) atoms. The third-order valence-corrected chi connectivity index (χ3v) is 3.61. The lowest BCUT2D eigenvalue weighted by molar-refractivity contribution is 0.274. The zero-order valence-electron chi connectivity index (χ0n) is 10.3. The maximum absolute atomic E-state index is 8.84. The molecule has 0 N–H and O–H groups in total. The quantitative estimate of drug-likeness (QED) is 0.826. The summed E-state index contributed by atoms with van der Waals surface area (Å²) in [4.78, 5) is 7.71. The van der Waals surface area contributed by atoms with Crippen molar-refractivity contribution in [2.45, 2.75) is 20.0 Å². The van der Waals surface area contributed by atoms with E-state index in [4.69, 9.17) is 5.26 Å². The van der Waals surface area contributed by atoms with E-state index in [0.717, 1.165) is 25.2 Å². The van der Waals surface area contributed by atoms with Crippen LogP contribution in [-0.4, -0.2) is 16.4 Å². The number of nitrogens with zero attached hydrogens (tertiary/aromatic N) is 3. The fourth-order valence-electron chi connectivity index (χ4n) is 1.79. The summed E-state index contributed by atoms with van der Waals surface area (Å²) < 4.78 is 0. The Morgan fingerprint density at radius 3 is 2.94 bits per heavy atom. The Morgan fingerprint density at radius 1 is 1.39 bits per heavy atom. The number of pyridine rings is 1. The van der Waals surface area contributed by atoms with Gasteiger partial charge in [0.1, 0.15) is 11.8 Å². The van der Waals surface area contributed by atoms with E-state index >= 15 is 0 Å². The van der Waals surface area contributed by atoms with Gasteiger partial charge in [0.2, 0.25) is 0 Å². The van der Waals surface area contributed by atoms with Crippen LogP contribution >= 0.6 is 11.3 Å². The van der Waals surface area contributed by atoms with Gasteiger partial charge in [0.15, 0.2) is 0 Å². The van der Waals surface area contributed by atoms with E-state index in [0.29, 0.717) is 5.69 Å². The van der Waals surface area contributed by atoms with Crippen LogP contribution in [0.1, 0.15) is 23.1 Å². The Bertz CT molecular complexity index is 528. The second-order valence-corrected chi connectivity index (χ2v) is 5.08. The predicted octanol–water partition coefficient (Wildman–Crippen LogP) is 3.04. The Kier molecular flexibility index (Phi) is 4.46. The van der Waals surface area contributed by atoms with Crippen molar-refractivity contribution in [1.29, 1.82) is 5.26 Å². The van der Waals surface area contributed by atoms with Crippen LogP contribution in [0.25, 0.3) is 0 Å². The Labute approximate surface area is 111 Å². The minimum absolute atomic E-state index is 0.486. The summed E-state index contributed by atoms with van der Waals surface area (Å²) in [6, 6.07) is 10.1. The minimum atomic E-state index is 0.486. The summed E-state index contributed by atoms with van der Waals surface area (Å²) >= 11 is 1.78. The lowest BCUT2D eigenvalue weighted by atomic mass is 10.2. The first kappa shape index (κ1) is 12.7. The summed E-state index contributed by atoms with van der Waals surface area (Å²) in [6.07, 6.45) is 1.70. The van der Waals surface area contributed by atoms with E-state index in [9.17, 15) is 0 Å². The lowest BCUT2D eigenvalue weighted by Crippen LogP contribution is -2.21. The number of aromatic nitrogens is 1. The molecule has 0 aromatic carbocycles. The van der Waals surface area contributed by atoms with Crippen molar-refractivity contribution in [3.8, 4) is 6.07 Å². The van der Waals surface area contributed by atoms with Crippen LogP contribution in [0.2, 0.25) is 0 Å². The van der Waals surface area contributed by atoms with E-state index < -0.39 is 0 Å². The fourth-order valence-corrected chi connectivity index (χ4v) is 2.54. The molecule has 3 nitrogen and oxygen atoms in total. The average Bonchev–Trinajstić information content (AvgIpc) is 2.91. The highest BCUT2D eigenvalue weighted by atomic mass is 32.1. The molecule has 0 atom stereocenters. The molecule has 0 unspecified atom stereocenters. The van der Waals surface area contributed by atoms with E-state index in [2.05, 4.69) is 40.4 Å². The molecule has 0 fully saturated rings. The highest BCUT2D eigenvalue weighted by Crippen LogP contribution is 2.14. The Morgan fingerprint density at radius 2 is 2.28 bits per heavy atom. The van der Waals surface area contributed by atoms with Crippen LogP contribution in [0.15, 0.2) is 35.8 Å². The first-order chi connectivity index (χ1) is 8.81. The molecule has 2 aromatic rings. The second-order valence-electron chi connectivity index (χ2n) is 4.04. The van der Waals surface area contributed by atoms with E-state index in [1.807, 2.05) is 12.1 Å². The number of hydrogen-bond donors (Lipinski definition) is 0. The third kappa shape index (κ3) is 3.39. The molecular formula is C14H15N3S. The van der Waals surface area contributed by atoms with Gasteiger partial charge in [-0.2, -0.15) is 5.26 Å². The number of nitriles is 1. The topological polar surface area (TPSA) is 39.9 Å². The largest absolute Gasteiger partial charge is 0.294 e. The second kappa shape index (κ2) is 6.29. The maximum atomic E-state index is 8.84. The van der Waals surface area contributed by atoms with Gasteiger partial charge in [-0.05, 0) is 35.7 Å². The average molecular weight is 257 g/mol. The molecule has 0 saturated carbocycles. The van der Waals surface area contributed by atoms with Crippen LogP contribution in [0.3, 0.4) is 0 Å². The van der Waals surface area contributed by atoms with Crippen molar-refractivity contribution in [2.24, 2.45) is 0 Å². The van der Waals surface area contributed by atoms with Crippen molar-refractivity contribution < 1.29 is 0 Å². The van der Waals surface area contributed by atoms with Crippen molar-refractivity contribution in [3.63, 3.8) is 0 Å². The highest BCUT2D eigenvalue weighted by Gasteiger charge is 2.06. The van der Waals surface area contributed by atoms with Crippen LogP contribution in [-0.2, 0) is 13.1 Å². The molecule has 2 aromatic heterocycles. The lowest BCUT2D eigenvalue weighted by Gasteiger charge is -2.19. The fraction of sp³-hybridized carbons (Fsp3) is 0.286. The first-order valence-corrected chi connectivity index (χ1v) is 6.79. The summed E-state index contributed by atoms with van der Waals surface area (Å²) in [7, 11) is 0. The summed E-state index contributed by atoms with van der Waals surface area (Å²) in [5.74, 6) is 0. The summed E-state index contributed by atoms with van der Waals surface area (Å²) in [5, 5.41) is 10.9. The molecule has 0 saturated heterocycles. The van der Waals surface area contributed by atoms with Gasteiger partial charge in [-0.15, -0.1) is 11.3 Å². The zero-order valence-corrected chi connectivity index (χ0v) is 11.2. The maximum Gasteiger partial charge on any atom is 0.140 e. The molecule has 0 spiro atoms. The summed E-state index contributed by atoms with van der Waals surface area (Å²) in [6.45, 7) is 4.95. The smallest absolute Gasteiger partial charge is 0.140 e. The Hall–Kier alpha value is -1.70. The van der Waals surface area contributed by atoms with Gasteiger partial charge in [0.05, 0.1) is 0 Å². The molecule has 0 radical (unpaired) electrons. The normalized spacial score (nSPS) is 10.5. The zero-order chi connectivity index (χ0) is 12.8. The van der Waals surface area contributed by atoms with Gasteiger partial charge >= 0.3 is 0 Å². The van der Waals surface area contributed by atoms with E-state index in [1.165, 1.54) is 4.88 Å². The predicted molar refractivity (Wildman–Crippen MR) is 73.1 cm³/mol. The van der Waals surface area contributed by atoms with Gasteiger partial charge in [0.25, 0.3) is 0 Å². The molecule has 2 heterocycles. The van der Waals surface area contributed by atoms with Gasteiger partial charge in [-0.1, -0.05) is 13.0 Å². The van der Waals surface area contributed by atoms with Gasteiger partial charge in [0, 0.05) is 24.2 Å². The number of thiophene rings is 1. The molecule has 2 rings (SSSR count). The molecule has 92 valence electrons. The minimum Gasteiger partial charge on any atom is -0.294 e. The Balaban J connectivity index is 2.03. The number of hydrogen-bond acceptors (Lipinski definition) is 4. The van der Waals surface area contributed by atoms with E-state index in [-0.39, 0.29) is 0 Å². The van der Waals surface area contributed by atoms with E-state index in [1.54, 1.807) is 17.5 Å². The van der Waals surface area contributed by atoms with Gasteiger partial charge in [-0.3, -0.25) is 4.90 Å². The van der Waals surface area contributed by atoms with Gasteiger partial charge < -0.3 is 0 Å². The van der Waals surface area contributed by atoms with Crippen molar-refractivity contribution in [1.82, 2.24) is 9.88 Å². The highest BCUT2D eigenvalue weighted by molar-refractivity contribution is 7.09. The van der Waals surface area contributed by atoms with Crippen molar-refractivity contribution in [2.75, 3.05) is 6.54 Å². The number of rotatable bonds is 5. The standard InChI is InChI=1S/C14H15N3S/c1-2-17(11-14-4-3-7-18-14)10-12-5-6-16-13(8-12)9-15/h3-8H,2,10-11H2,1H3. The van der Waals surface area contributed by atoms with Crippen molar-refractivity contribution >= 4 is 11.3 Å². The monoisotopic (exact) mass is 257 g/mol. The molecule has 0 aliphatic heterocycles. The molecule has 4 heteroatoms. The SMILES string of the molecule is CCN(Cc1ccnc(C#N)c1)Cc1cccs1. The van der Waals surface area contributed by atoms with Crippen LogP contribution in [0.5, 0.6) is 0 Å². The van der Waals surface area contributed by atoms with Crippen molar-refractivity contribution in [3.05, 3.63) is 52.0 Å². The molecule has 0 aliphatic carbocycles. The molecular weight excluding hydrogens is 242 g/mol. The van der Waals surface area contributed by atoms with Gasteiger partial charge in [-0.25, -0.2) is 4.98 Å².